The van der Waals surface area contributed by atoms with Crippen molar-refractivity contribution in [1.82, 2.24) is 4.90 Å². The van der Waals surface area contributed by atoms with Crippen LogP contribution in [0.1, 0.15) is 29.2 Å². The molecule has 0 aliphatic carbocycles. The highest BCUT2D eigenvalue weighted by Crippen LogP contribution is 2.32. The highest BCUT2D eigenvalue weighted by molar-refractivity contribution is 6.04. The molecular weight excluding hydrogens is 395 g/mol. The average molecular weight is 419 g/mol. The first-order valence-electron chi connectivity index (χ1n) is 9.59. The van der Waals surface area contributed by atoms with Crippen molar-refractivity contribution in [3.8, 4) is 5.75 Å². The van der Waals surface area contributed by atoms with Crippen LogP contribution in [0.5, 0.6) is 5.75 Å². The van der Waals surface area contributed by atoms with E-state index in [2.05, 4.69) is 10.1 Å². The summed E-state index contributed by atoms with van der Waals surface area (Å²) in [5.41, 5.74) is 2.54. The number of rotatable bonds is 6. The van der Waals surface area contributed by atoms with Crippen LogP contribution in [-0.4, -0.2) is 43.3 Å². The Morgan fingerprint density at radius 1 is 1.23 bits per heavy atom. The zero-order chi connectivity index (χ0) is 21.9. The minimum atomic E-state index is -4.43. The third kappa shape index (κ3) is 4.93. The molecule has 30 heavy (non-hydrogen) atoms. The molecule has 0 saturated carbocycles. The number of hydrogen-bond acceptors (Lipinski definition) is 4. The lowest BCUT2D eigenvalue weighted by Gasteiger charge is -2.18. The first-order valence-corrected chi connectivity index (χ1v) is 9.59. The Bertz CT molecular complexity index is 971. The summed E-state index contributed by atoms with van der Waals surface area (Å²) in [7, 11) is 1.94. The van der Waals surface area contributed by atoms with Gasteiger partial charge in [0.25, 0.3) is 0 Å². The SMILES string of the molecule is CCN(C)/C=N/c1cc(C)c(OC2CON=C2c2cccc(C(F)(F)F)c2)cc1C. The van der Waals surface area contributed by atoms with Crippen molar-refractivity contribution >= 4 is 17.7 Å². The average Bonchev–Trinajstić information content (AvgIpc) is 3.16. The molecule has 0 spiro atoms. The van der Waals surface area contributed by atoms with Crippen LogP contribution in [0.3, 0.4) is 0 Å². The Morgan fingerprint density at radius 3 is 2.70 bits per heavy atom. The van der Waals surface area contributed by atoms with E-state index in [4.69, 9.17) is 9.57 Å². The fourth-order valence-corrected chi connectivity index (χ4v) is 2.93. The largest absolute Gasteiger partial charge is 0.480 e. The summed E-state index contributed by atoms with van der Waals surface area (Å²) in [6, 6.07) is 8.80. The van der Waals surface area contributed by atoms with Gasteiger partial charge in [0.15, 0.2) is 12.7 Å². The first-order chi connectivity index (χ1) is 14.2. The van der Waals surface area contributed by atoms with E-state index in [0.29, 0.717) is 17.0 Å². The highest BCUT2D eigenvalue weighted by Gasteiger charge is 2.33. The van der Waals surface area contributed by atoms with E-state index in [1.54, 1.807) is 12.4 Å². The quantitative estimate of drug-likeness (QED) is 0.483. The lowest BCUT2D eigenvalue weighted by atomic mass is 10.0. The van der Waals surface area contributed by atoms with E-state index in [9.17, 15) is 13.2 Å². The minimum Gasteiger partial charge on any atom is -0.480 e. The molecule has 0 N–H and O–H groups in total. The van der Waals surface area contributed by atoms with Crippen molar-refractivity contribution in [1.29, 1.82) is 0 Å². The maximum atomic E-state index is 13.1. The van der Waals surface area contributed by atoms with Crippen molar-refractivity contribution in [2.24, 2.45) is 10.1 Å². The molecule has 2 aromatic carbocycles. The third-order valence-electron chi connectivity index (χ3n) is 4.83. The Morgan fingerprint density at radius 2 is 2.00 bits per heavy atom. The first kappa shape index (κ1) is 21.7. The van der Waals surface area contributed by atoms with Gasteiger partial charge in [-0.2, -0.15) is 13.2 Å². The van der Waals surface area contributed by atoms with Gasteiger partial charge >= 0.3 is 6.18 Å². The van der Waals surface area contributed by atoms with Gasteiger partial charge in [0.1, 0.15) is 11.5 Å². The molecule has 160 valence electrons. The van der Waals surface area contributed by atoms with Gasteiger partial charge in [-0.15, -0.1) is 0 Å². The molecule has 1 heterocycles. The number of nitrogens with zero attached hydrogens (tertiary/aromatic N) is 3. The maximum Gasteiger partial charge on any atom is 0.416 e. The molecule has 8 heteroatoms. The molecule has 1 atom stereocenters. The van der Waals surface area contributed by atoms with Gasteiger partial charge in [-0.3, -0.25) is 0 Å². The van der Waals surface area contributed by atoms with E-state index in [1.807, 2.05) is 44.9 Å². The number of benzene rings is 2. The van der Waals surface area contributed by atoms with Crippen molar-refractivity contribution in [2.45, 2.75) is 33.1 Å². The molecular formula is C22H24F3N3O2. The molecule has 1 aliphatic rings. The Kier molecular flexibility index (Phi) is 6.34. The molecule has 0 amide bonds. The van der Waals surface area contributed by atoms with Gasteiger partial charge < -0.3 is 14.5 Å². The summed E-state index contributed by atoms with van der Waals surface area (Å²) in [5, 5.41) is 3.93. The number of aliphatic imine (C=N–C) groups is 1. The summed E-state index contributed by atoms with van der Waals surface area (Å²) in [4.78, 5) is 11.6. The standard InChI is InChI=1S/C22H24F3N3O2/c1-5-28(4)13-26-18-9-15(3)19(10-14(18)2)30-20-12-29-27-21(20)16-7-6-8-17(11-16)22(23,24)25/h6-11,13,20H,5,12H2,1-4H3/b26-13+. The van der Waals surface area contributed by atoms with Crippen molar-refractivity contribution in [3.05, 3.63) is 58.7 Å². The second kappa shape index (κ2) is 8.77. The van der Waals surface area contributed by atoms with Crippen LogP contribution in [0.2, 0.25) is 0 Å². The predicted molar refractivity (Wildman–Crippen MR) is 111 cm³/mol. The van der Waals surface area contributed by atoms with Crippen LogP contribution in [0.4, 0.5) is 18.9 Å². The molecule has 0 fully saturated rings. The Hall–Kier alpha value is -3.03. The van der Waals surface area contributed by atoms with Crippen LogP contribution >= 0.6 is 0 Å². The van der Waals surface area contributed by atoms with Crippen molar-refractivity contribution < 1.29 is 22.7 Å². The van der Waals surface area contributed by atoms with Crippen LogP contribution in [0, 0.1) is 13.8 Å². The van der Waals surface area contributed by atoms with Gasteiger partial charge in [0.2, 0.25) is 0 Å². The zero-order valence-corrected chi connectivity index (χ0v) is 17.3. The van der Waals surface area contributed by atoms with Gasteiger partial charge in [0, 0.05) is 19.2 Å². The maximum absolute atomic E-state index is 13.1. The van der Waals surface area contributed by atoms with E-state index < -0.39 is 17.8 Å². The lowest BCUT2D eigenvalue weighted by Crippen LogP contribution is -2.28. The molecule has 0 saturated heterocycles. The molecule has 0 bridgehead atoms. The van der Waals surface area contributed by atoms with E-state index in [0.717, 1.165) is 35.5 Å². The van der Waals surface area contributed by atoms with Gasteiger partial charge in [-0.05, 0) is 56.2 Å². The summed E-state index contributed by atoms with van der Waals surface area (Å²) < 4.78 is 45.2. The topological polar surface area (TPSA) is 46.4 Å². The molecule has 3 rings (SSSR count). The Balaban J connectivity index is 1.82. The number of ether oxygens (including phenoxy) is 1. The molecule has 2 aromatic rings. The van der Waals surface area contributed by atoms with Crippen LogP contribution in [-0.2, 0) is 11.0 Å². The number of alkyl halides is 3. The number of halogens is 3. The second-order valence-corrected chi connectivity index (χ2v) is 7.18. The predicted octanol–water partition coefficient (Wildman–Crippen LogP) is 5.12. The summed E-state index contributed by atoms with van der Waals surface area (Å²) in [6.07, 6.45) is -3.26. The van der Waals surface area contributed by atoms with E-state index in [-0.39, 0.29) is 6.61 Å². The Labute approximate surface area is 173 Å². The van der Waals surface area contributed by atoms with Gasteiger partial charge in [0.05, 0.1) is 17.6 Å². The van der Waals surface area contributed by atoms with Crippen molar-refractivity contribution in [3.63, 3.8) is 0 Å². The normalized spacial score (nSPS) is 16.5. The summed E-state index contributed by atoms with van der Waals surface area (Å²) in [5.74, 6) is 0.616. The lowest BCUT2D eigenvalue weighted by molar-refractivity contribution is -0.137. The molecule has 0 radical (unpaired) electrons. The van der Waals surface area contributed by atoms with Crippen LogP contribution < -0.4 is 4.74 Å². The fourth-order valence-electron chi connectivity index (χ4n) is 2.93. The highest BCUT2D eigenvalue weighted by atomic mass is 19.4. The van der Waals surface area contributed by atoms with Gasteiger partial charge in [-0.1, -0.05) is 17.3 Å². The van der Waals surface area contributed by atoms with E-state index in [1.165, 1.54) is 6.07 Å². The number of oxime groups is 1. The van der Waals surface area contributed by atoms with Gasteiger partial charge in [-0.25, -0.2) is 4.99 Å². The number of aryl methyl sites for hydroxylation is 2. The zero-order valence-electron chi connectivity index (χ0n) is 17.3. The van der Waals surface area contributed by atoms with E-state index >= 15 is 0 Å². The molecule has 0 aromatic heterocycles. The molecule has 1 aliphatic heterocycles. The smallest absolute Gasteiger partial charge is 0.416 e. The molecule has 5 nitrogen and oxygen atoms in total. The fraction of sp³-hybridized carbons (Fsp3) is 0.364. The summed E-state index contributed by atoms with van der Waals surface area (Å²) in [6.45, 7) is 6.84. The van der Waals surface area contributed by atoms with Crippen LogP contribution in [0.15, 0.2) is 46.5 Å². The monoisotopic (exact) mass is 419 g/mol. The second-order valence-electron chi connectivity index (χ2n) is 7.18. The van der Waals surface area contributed by atoms with Crippen LogP contribution in [0.25, 0.3) is 0 Å². The summed E-state index contributed by atoms with van der Waals surface area (Å²) >= 11 is 0. The molecule has 1 unspecified atom stereocenters. The third-order valence-corrected chi connectivity index (χ3v) is 4.83. The number of hydrogen-bond donors (Lipinski definition) is 0. The van der Waals surface area contributed by atoms with Crippen molar-refractivity contribution in [2.75, 3.05) is 20.2 Å². The minimum absolute atomic E-state index is 0.130.